The molecule has 0 saturated heterocycles. The van der Waals surface area contributed by atoms with E-state index in [1.807, 2.05) is 6.92 Å². The number of aromatic nitrogens is 1. The smallest absolute Gasteiger partial charge is 0.143 e. The van der Waals surface area contributed by atoms with Crippen LogP contribution in [0.4, 0.5) is 0 Å². The van der Waals surface area contributed by atoms with E-state index < -0.39 is 5.60 Å². The average Bonchev–Trinajstić information content (AvgIpc) is 2.94. The van der Waals surface area contributed by atoms with Crippen LogP contribution in [0.5, 0.6) is 0 Å². The van der Waals surface area contributed by atoms with Crippen LogP contribution >= 0.6 is 0 Å². The molecule has 0 spiro atoms. The summed E-state index contributed by atoms with van der Waals surface area (Å²) in [5.74, 6) is 1.48. The van der Waals surface area contributed by atoms with Crippen LogP contribution in [0.25, 0.3) is 0 Å². The molecule has 1 fully saturated rings. The van der Waals surface area contributed by atoms with Crippen LogP contribution in [-0.2, 0) is 12.0 Å². The molecule has 3 rings (SSSR count). The normalized spacial score (nSPS) is 34.5. The monoisotopic (exact) mass is 208 g/mol. The molecule has 4 nitrogen and oxygen atoms in total. The third-order valence-corrected chi connectivity index (χ3v) is 3.80. The van der Waals surface area contributed by atoms with Crippen LogP contribution in [0.15, 0.2) is 4.52 Å². The SMILES string of the molecule is CC1Cc2onc(C3CC3)c2C1(O)CN. The van der Waals surface area contributed by atoms with Crippen molar-refractivity contribution < 1.29 is 9.63 Å². The van der Waals surface area contributed by atoms with Crippen LogP contribution in [0.2, 0.25) is 0 Å². The summed E-state index contributed by atoms with van der Waals surface area (Å²) in [4.78, 5) is 0. The Balaban J connectivity index is 2.11. The summed E-state index contributed by atoms with van der Waals surface area (Å²) in [6, 6.07) is 0. The number of hydrogen-bond donors (Lipinski definition) is 2. The molecule has 0 radical (unpaired) electrons. The molecule has 2 aliphatic rings. The second-order valence-electron chi connectivity index (χ2n) is 4.87. The van der Waals surface area contributed by atoms with Crippen molar-refractivity contribution in [2.75, 3.05) is 6.54 Å². The van der Waals surface area contributed by atoms with Gasteiger partial charge in [0.15, 0.2) is 0 Å². The minimum absolute atomic E-state index is 0.136. The van der Waals surface area contributed by atoms with Crippen molar-refractivity contribution in [1.82, 2.24) is 5.16 Å². The molecule has 1 heterocycles. The molecule has 1 saturated carbocycles. The predicted molar refractivity (Wildman–Crippen MR) is 54.3 cm³/mol. The molecule has 15 heavy (non-hydrogen) atoms. The van der Waals surface area contributed by atoms with Gasteiger partial charge in [-0.25, -0.2) is 0 Å². The Morgan fingerprint density at radius 1 is 1.60 bits per heavy atom. The predicted octanol–water partition coefficient (Wildman–Crippen LogP) is 0.891. The lowest BCUT2D eigenvalue weighted by molar-refractivity contribution is 0.00360. The fraction of sp³-hybridized carbons (Fsp3) is 0.727. The topological polar surface area (TPSA) is 72.3 Å². The summed E-state index contributed by atoms with van der Waals surface area (Å²) in [7, 11) is 0. The lowest BCUT2D eigenvalue weighted by atomic mass is 9.87. The molecule has 1 aromatic heterocycles. The molecule has 2 aliphatic carbocycles. The molecule has 2 unspecified atom stereocenters. The Bertz CT molecular complexity index is 397. The molecule has 0 aliphatic heterocycles. The zero-order chi connectivity index (χ0) is 10.6. The molecule has 0 amide bonds. The van der Waals surface area contributed by atoms with E-state index in [2.05, 4.69) is 5.16 Å². The zero-order valence-electron chi connectivity index (χ0n) is 8.86. The third kappa shape index (κ3) is 1.12. The van der Waals surface area contributed by atoms with E-state index in [0.29, 0.717) is 5.92 Å². The van der Waals surface area contributed by atoms with Crippen molar-refractivity contribution in [2.45, 2.75) is 37.7 Å². The van der Waals surface area contributed by atoms with Crippen LogP contribution < -0.4 is 5.73 Å². The van der Waals surface area contributed by atoms with Gasteiger partial charge in [-0.2, -0.15) is 0 Å². The fourth-order valence-corrected chi connectivity index (χ4v) is 2.57. The zero-order valence-corrected chi connectivity index (χ0v) is 8.86. The molecule has 3 N–H and O–H groups in total. The molecule has 0 aromatic carbocycles. The molecular weight excluding hydrogens is 192 g/mol. The highest BCUT2D eigenvalue weighted by molar-refractivity contribution is 5.39. The van der Waals surface area contributed by atoms with Gasteiger partial charge in [-0.3, -0.25) is 0 Å². The van der Waals surface area contributed by atoms with Gasteiger partial charge < -0.3 is 15.4 Å². The molecule has 4 heteroatoms. The lowest BCUT2D eigenvalue weighted by Gasteiger charge is -2.26. The van der Waals surface area contributed by atoms with Gasteiger partial charge in [-0.15, -0.1) is 0 Å². The van der Waals surface area contributed by atoms with Crippen LogP contribution in [0.3, 0.4) is 0 Å². The van der Waals surface area contributed by atoms with E-state index in [4.69, 9.17) is 10.3 Å². The van der Waals surface area contributed by atoms with Gasteiger partial charge in [0.25, 0.3) is 0 Å². The van der Waals surface area contributed by atoms with Gasteiger partial charge in [0.1, 0.15) is 11.4 Å². The highest BCUT2D eigenvalue weighted by Gasteiger charge is 2.49. The van der Waals surface area contributed by atoms with Gasteiger partial charge in [-0.05, 0) is 18.8 Å². The number of rotatable bonds is 2. The van der Waals surface area contributed by atoms with Crippen LogP contribution in [-0.4, -0.2) is 16.8 Å². The first-order chi connectivity index (χ1) is 7.16. The molecular formula is C11H16N2O2. The van der Waals surface area contributed by atoms with Gasteiger partial charge >= 0.3 is 0 Å². The summed E-state index contributed by atoms with van der Waals surface area (Å²) >= 11 is 0. The summed E-state index contributed by atoms with van der Waals surface area (Å²) in [6.07, 6.45) is 3.07. The van der Waals surface area contributed by atoms with Crippen molar-refractivity contribution in [2.24, 2.45) is 11.7 Å². The van der Waals surface area contributed by atoms with E-state index in [1.54, 1.807) is 0 Å². The first-order valence-corrected chi connectivity index (χ1v) is 5.58. The quantitative estimate of drug-likeness (QED) is 0.757. The second kappa shape index (κ2) is 2.83. The summed E-state index contributed by atoms with van der Waals surface area (Å²) in [6.45, 7) is 2.27. The Morgan fingerprint density at radius 2 is 2.33 bits per heavy atom. The number of nitrogens with zero attached hydrogens (tertiary/aromatic N) is 1. The van der Waals surface area contributed by atoms with E-state index in [-0.39, 0.29) is 12.5 Å². The fourth-order valence-electron chi connectivity index (χ4n) is 2.57. The molecule has 1 aromatic rings. The molecule has 2 atom stereocenters. The number of fused-ring (bicyclic) bond motifs is 1. The van der Waals surface area contributed by atoms with Gasteiger partial charge in [0.2, 0.25) is 0 Å². The number of hydrogen-bond acceptors (Lipinski definition) is 4. The van der Waals surface area contributed by atoms with Gasteiger partial charge in [0.05, 0.1) is 11.3 Å². The minimum Gasteiger partial charge on any atom is -0.383 e. The van der Waals surface area contributed by atoms with Crippen LogP contribution in [0.1, 0.15) is 42.7 Å². The lowest BCUT2D eigenvalue weighted by Crippen LogP contribution is -2.38. The Morgan fingerprint density at radius 3 is 2.93 bits per heavy atom. The maximum absolute atomic E-state index is 10.5. The van der Waals surface area contributed by atoms with E-state index in [9.17, 15) is 5.11 Å². The summed E-state index contributed by atoms with van der Waals surface area (Å²) in [5.41, 5.74) is 6.66. The molecule has 0 bridgehead atoms. The Kier molecular flexibility index (Phi) is 1.77. The summed E-state index contributed by atoms with van der Waals surface area (Å²) < 4.78 is 5.31. The van der Waals surface area contributed by atoms with Crippen molar-refractivity contribution in [3.05, 3.63) is 17.0 Å². The van der Waals surface area contributed by atoms with E-state index >= 15 is 0 Å². The number of aliphatic hydroxyl groups is 1. The summed E-state index contributed by atoms with van der Waals surface area (Å²) in [5, 5.41) is 14.6. The van der Waals surface area contributed by atoms with E-state index in [0.717, 1.165) is 36.3 Å². The first kappa shape index (κ1) is 9.36. The van der Waals surface area contributed by atoms with Crippen LogP contribution in [0, 0.1) is 5.92 Å². The largest absolute Gasteiger partial charge is 0.383 e. The van der Waals surface area contributed by atoms with Crippen molar-refractivity contribution in [1.29, 1.82) is 0 Å². The van der Waals surface area contributed by atoms with Crippen molar-refractivity contribution >= 4 is 0 Å². The van der Waals surface area contributed by atoms with Gasteiger partial charge in [0, 0.05) is 18.9 Å². The average molecular weight is 208 g/mol. The van der Waals surface area contributed by atoms with Crippen molar-refractivity contribution in [3.8, 4) is 0 Å². The second-order valence-corrected chi connectivity index (χ2v) is 4.87. The van der Waals surface area contributed by atoms with E-state index in [1.165, 1.54) is 0 Å². The number of nitrogens with two attached hydrogens (primary N) is 1. The maximum atomic E-state index is 10.5. The van der Waals surface area contributed by atoms with Crippen molar-refractivity contribution in [3.63, 3.8) is 0 Å². The maximum Gasteiger partial charge on any atom is 0.143 e. The molecule has 82 valence electrons. The Labute approximate surface area is 88.4 Å². The highest BCUT2D eigenvalue weighted by Crippen LogP contribution is 2.49. The van der Waals surface area contributed by atoms with Gasteiger partial charge in [-0.1, -0.05) is 12.1 Å². The standard InChI is InChI=1S/C11H16N2O2/c1-6-4-8-9(11(6,14)5-12)10(13-15-8)7-2-3-7/h6-7,14H,2-5,12H2,1H3. The third-order valence-electron chi connectivity index (χ3n) is 3.80. The Hall–Kier alpha value is -0.870. The highest BCUT2D eigenvalue weighted by atomic mass is 16.5. The first-order valence-electron chi connectivity index (χ1n) is 5.58. The minimum atomic E-state index is -0.909.